The van der Waals surface area contributed by atoms with E-state index in [1.54, 1.807) is 37.4 Å². The Kier molecular flexibility index (Phi) is 5.53. The number of piperidine rings is 1. The molecule has 6 atom stereocenters. The largest absolute Gasteiger partial charge is 0.419 e. The fourth-order valence-corrected chi connectivity index (χ4v) is 5.57. The van der Waals surface area contributed by atoms with Gasteiger partial charge in [0, 0.05) is 19.5 Å². The second kappa shape index (κ2) is 8.41. The molecule has 1 saturated carbocycles. The highest BCUT2D eigenvalue weighted by atomic mass is 19.1. The molecule has 0 spiro atoms. The van der Waals surface area contributed by atoms with Crippen molar-refractivity contribution in [1.29, 1.82) is 5.26 Å². The van der Waals surface area contributed by atoms with E-state index in [1.165, 1.54) is 10.6 Å². The lowest BCUT2D eigenvalue weighted by Gasteiger charge is -2.32. The van der Waals surface area contributed by atoms with Crippen molar-refractivity contribution in [3.63, 3.8) is 0 Å². The molecule has 176 valence electrons. The number of aromatic nitrogens is 1. The van der Waals surface area contributed by atoms with Gasteiger partial charge in [-0.1, -0.05) is 32.0 Å². The van der Waals surface area contributed by atoms with Crippen molar-refractivity contribution in [1.82, 2.24) is 15.2 Å². The van der Waals surface area contributed by atoms with Crippen molar-refractivity contribution in [2.24, 2.45) is 24.8 Å². The fraction of sp³-hybridized carbons (Fsp3) is 0.423. The maximum absolute atomic E-state index is 15.0. The molecule has 2 aliphatic rings. The minimum Gasteiger partial charge on any atom is -0.408 e. The monoisotopic (exact) mass is 462 g/mol. The number of hydrogen-bond donors (Lipinski definition) is 2. The van der Waals surface area contributed by atoms with Crippen molar-refractivity contribution in [2.45, 2.75) is 44.8 Å². The number of aryl methyl sites for hydroxylation is 1. The van der Waals surface area contributed by atoms with Crippen molar-refractivity contribution in [3.8, 4) is 17.2 Å². The summed E-state index contributed by atoms with van der Waals surface area (Å²) >= 11 is 0. The first kappa shape index (κ1) is 22.4. The molecule has 1 aliphatic carbocycles. The predicted molar refractivity (Wildman–Crippen MR) is 125 cm³/mol. The molecule has 1 aliphatic heterocycles. The summed E-state index contributed by atoms with van der Waals surface area (Å²) in [5, 5.41) is 15.8. The van der Waals surface area contributed by atoms with Gasteiger partial charge in [0.1, 0.15) is 11.9 Å². The summed E-state index contributed by atoms with van der Waals surface area (Å²) in [6, 6.07) is 11.4. The third-order valence-corrected chi connectivity index (χ3v) is 7.84. The van der Waals surface area contributed by atoms with Gasteiger partial charge in [-0.2, -0.15) is 5.26 Å². The first-order valence-corrected chi connectivity index (χ1v) is 11.6. The molecule has 1 aromatic heterocycles. The van der Waals surface area contributed by atoms with E-state index in [-0.39, 0.29) is 24.3 Å². The molecule has 2 N–H and O–H groups in total. The van der Waals surface area contributed by atoms with E-state index < -0.39 is 17.6 Å². The van der Waals surface area contributed by atoms with E-state index >= 15 is 0 Å². The van der Waals surface area contributed by atoms with Crippen molar-refractivity contribution >= 4 is 17.0 Å². The van der Waals surface area contributed by atoms with Crippen LogP contribution in [0.1, 0.15) is 25.8 Å². The average Bonchev–Trinajstić information content (AvgIpc) is 3.47. The standard InChI is InChI=1S/C26H27FN4O3/c1-13-14(2)21-11-19(13)24(30-21)25(32)29-18(12-28)8-17-5-4-15(9-20(17)27)16-6-7-23-22(10-16)31(3)26(33)34-23/h4-7,9-10,13-14,18-19,21,24,30H,8,11H2,1-3H3,(H,29,32)/t13-,14+,18+,19+,21+,24+/m1/s1. The summed E-state index contributed by atoms with van der Waals surface area (Å²) in [6.45, 7) is 4.38. The summed E-state index contributed by atoms with van der Waals surface area (Å²) in [7, 11) is 1.62. The molecule has 2 heterocycles. The van der Waals surface area contributed by atoms with Crippen molar-refractivity contribution < 1.29 is 13.6 Å². The van der Waals surface area contributed by atoms with Gasteiger partial charge in [0.2, 0.25) is 5.91 Å². The minimum atomic E-state index is -0.821. The average molecular weight is 463 g/mol. The lowest BCUT2D eigenvalue weighted by molar-refractivity contribution is -0.125. The minimum absolute atomic E-state index is 0.0798. The molecule has 1 amide bonds. The lowest BCUT2D eigenvalue weighted by Crippen LogP contribution is -2.54. The molecule has 0 unspecified atom stereocenters. The molecular formula is C26H27FN4O3. The number of carbonyl (C=O) groups is 1. The zero-order valence-corrected chi connectivity index (χ0v) is 19.3. The first-order chi connectivity index (χ1) is 16.3. The lowest BCUT2D eigenvalue weighted by atomic mass is 9.84. The highest BCUT2D eigenvalue weighted by Crippen LogP contribution is 2.44. The van der Waals surface area contributed by atoms with Crippen LogP contribution in [0.5, 0.6) is 0 Å². The third kappa shape index (κ3) is 3.70. The van der Waals surface area contributed by atoms with Crippen molar-refractivity contribution in [3.05, 3.63) is 58.3 Å². The molecule has 7 nitrogen and oxygen atoms in total. The summed E-state index contributed by atoms with van der Waals surface area (Å²) in [5.74, 6) is 0.163. The van der Waals surface area contributed by atoms with Crippen LogP contribution in [-0.4, -0.2) is 28.6 Å². The number of amides is 1. The number of oxazole rings is 1. The normalized spacial score (nSPS) is 26.5. The number of nitrogens with zero attached hydrogens (tertiary/aromatic N) is 2. The van der Waals surface area contributed by atoms with Crippen LogP contribution in [0.2, 0.25) is 0 Å². The second-order valence-electron chi connectivity index (χ2n) is 9.68. The molecule has 34 heavy (non-hydrogen) atoms. The van der Waals surface area contributed by atoms with Gasteiger partial charge in [-0.05, 0) is 59.1 Å². The van der Waals surface area contributed by atoms with Gasteiger partial charge in [-0.15, -0.1) is 0 Å². The van der Waals surface area contributed by atoms with Gasteiger partial charge in [-0.25, -0.2) is 9.18 Å². The maximum atomic E-state index is 15.0. The number of benzene rings is 2. The van der Waals surface area contributed by atoms with Crippen LogP contribution in [0, 0.1) is 34.9 Å². The van der Waals surface area contributed by atoms with E-state index in [4.69, 9.17) is 4.42 Å². The predicted octanol–water partition coefficient (Wildman–Crippen LogP) is 3.12. The van der Waals surface area contributed by atoms with Gasteiger partial charge >= 0.3 is 5.76 Å². The Morgan fingerprint density at radius 1 is 1.26 bits per heavy atom. The number of carbonyl (C=O) groups excluding carboxylic acids is 1. The van der Waals surface area contributed by atoms with Crippen LogP contribution in [0.25, 0.3) is 22.2 Å². The number of nitrogens with one attached hydrogen (secondary N) is 2. The number of fused-ring (bicyclic) bond motifs is 3. The van der Waals surface area contributed by atoms with Crippen LogP contribution in [0.4, 0.5) is 4.39 Å². The highest BCUT2D eigenvalue weighted by molar-refractivity contribution is 5.83. The summed E-state index contributed by atoms with van der Waals surface area (Å²) in [4.78, 5) is 24.6. The first-order valence-electron chi connectivity index (χ1n) is 11.6. The molecular weight excluding hydrogens is 435 g/mol. The van der Waals surface area contributed by atoms with Crippen LogP contribution in [0.3, 0.4) is 0 Å². The van der Waals surface area contributed by atoms with Crippen LogP contribution in [-0.2, 0) is 18.3 Å². The topological polar surface area (TPSA) is 100 Å². The molecule has 2 bridgehead atoms. The van der Waals surface area contributed by atoms with Crippen LogP contribution in [0.15, 0.2) is 45.6 Å². The van der Waals surface area contributed by atoms with E-state index in [0.717, 1.165) is 12.0 Å². The fourth-order valence-electron chi connectivity index (χ4n) is 5.57. The SMILES string of the molecule is C[C@@H]1[C@H](C)[C@@H]2C[C@@H]1[C@@H](C(=O)N[C@H](C#N)Cc1ccc(-c3ccc4oc(=O)n(C)c4c3)cc1F)N2. The number of nitriles is 1. The van der Waals surface area contributed by atoms with Crippen LogP contribution >= 0.6 is 0 Å². The molecule has 8 heteroatoms. The molecule has 3 aromatic rings. The van der Waals surface area contributed by atoms with Gasteiger partial charge in [0.05, 0.1) is 17.6 Å². The van der Waals surface area contributed by atoms with Crippen molar-refractivity contribution in [2.75, 3.05) is 0 Å². The van der Waals surface area contributed by atoms with Gasteiger partial charge in [-0.3, -0.25) is 9.36 Å². The maximum Gasteiger partial charge on any atom is 0.419 e. The third-order valence-electron chi connectivity index (χ3n) is 7.84. The summed E-state index contributed by atoms with van der Waals surface area (Å²) in [5.41, 5.74) is 2.83. The Hall–Kier alpha value is -3.44. The molecule has 0 radical (unpaired) electrons. The number of rotatable bonds is 5. The van der Waals surface area contributed by atoms with Crippen LogP contribution < -0.4 is 16.4 Å². The summed E-state index contributed by atoms with van der Waals surface area (Å²) < 4.78 is 21.5. The van der Waals surface area contributed by atoms with Gasteiger partial charge in [0.15, 0.2) is 5.58 Å². The Balaban J connectivity index is 1.30. The molecule has 5 rings (SSSR count). The second-order valence-corrected chi connectivity index (χ2v) is 9.68. The zero-order valence-electron chi connectivity index (χ0n) is 19.3. The van der Waals surface area contributed by atoms with E-state index in [2.05, 4.69) is 30.6 Å². The Labute approximate surface area is 196 Å². The summed E-state index contributed by atoms with van der Waals surface area (Å²) in [6.07, 6.45) is 1.06. The smallest absolute Gasteiger partial charge is 0.408 e. The molecule has 1 saturated heterocycles. The quantitative estimate of drug-likeness (QED) is 0.607. The molecule has 2 aromatic carbocycles. The number of hydrogen-bond acceptors (Lipinski definition) is 5. The molecule has 2 fully saturated rings. The Bertz CT molecular complexity index is 1370. The van der Waals surface area contributed by atoms with E-state index in [1.807, 2.05) is 0 Å². The number of halogens is 1. The van der Waals surface area contributed by atoms with E-state index in [9.17, 15) is 19.2 Å². The zero-order chi connectivity index (χ0) is 24.1. The van der Waals surface area contributed by atoms with Gasteiger partial charge in [0.25, 0.3) is 0 Å². The van der Waals surface area contributed by atoms with E-state index in [0.29, 0.717) is 40.1 Å². The Morgan fingerprint density at radius 3 is 2.68 bits per heavy atom. The van der Waals surface area contributed by atoms with Gasteiger partial charge < -0.3 is 15.1 Å². The highest BCUT2D eigenvalue weighted by Gasteiger charge is 2.51. The Morgan fingerprint density at radius 2 is 2.00 bits per heavy atom.